The number of rotatable bonds is 3. The second kappa shape index (κ2) is 3.94. The first-order valence-corrected chi connectivity index (χ1v) is 5.49. The molecule has 0 unspecified atom stereocenters. The minimum atomic E-state index is -0.659. The fourth-order valence-corrected chi connectivity index (χ4v) is 2.26. The summed E-state index contributed by atoms with van der Waals surface area (Å²) in [6.07, 6.45) is 1.44. The number of amides is 2. The monoisotopic (exact) mass is 235 g/mol. The molecule has 1 aliphatic rings. The third-order valence-corrected chi connectivity index (χ3v) is 3.11. The van der Waals surface area contributed by atoms with Crippen molar-refractivity contribution in [3.63, 3.8) is 0 Å². The van der Waals surface area contributed by atoms with E-state index in [1.807, 2.05) is 0 Å². The van der Waals surface area contributed by atoms with E-state index in [2.05, 4.69) is 6.58 Å². The molecule has 0 saturated carbocycles. The van der Waals surface area contributed by atoms with Gasteiger partial charge in [-0.2, -0.15) is 0 Å². The van der Waals surface area contributed by atoms with Crippen molar-refractivity contribution in [2.75, 3.05) is 6.54 Å². The Morgan fingerprint density at radius 3 is 2.75 bits per heavy atom. The van der Waals surface area contributed by atoms with Crippen molar-refractivity contribution >= 4 is 28.7 Å². The van der Waals surface area contributed by atoms with Gasteiger partial charge in [0.2, 0.25) is 0 Å². The van der Waals surface area contributed by atoms with Gasteiger partial charge in [0.25, 0.3) is 11.8 Å². The lowest BCUT2D eigenvalue weighted by Gasteiger charge is -2.10. The average molecular weight is 235 g/mol. The Morgan fingerprint density at radius 2 is 2.19 bits per heavy atom. The van der Waals surface area contributed by atoms with Crippen LogP contribution in [0.3, 0.4) is 0 Å². The van der Waals surface area contributed by atoms with Crippen LogP contribution in [-0.2, 0) is 9.59 Å². The van der Waals surface area contributed by atoms with Crippen LogP contribution < -0.4 is 0 Å². The van der Waals surface area contributed by atoms with Crippen LogP contribution in [0, 0.1) is 0 Å². The van der Waals surface area contributed by atoms with E-state index in [-0.39, 0.29) is 12.1 Å². The quantitative estimate of drug-likeness (QED) is 0.639. The van der Waals surface area contributed by atoms with Gasteiger partial charge in [0.1, 0.15) is 5.57 Å². The lowest BCUT2D eigenvalue weighted by Crippen LogP contribution is -2.31. The van der Waals surface area contributed by atoms with E-state index >= 15 is 0 Å². The SMILES string of the molecule is C=CCN1C(=O)C(O)=C(c2cccs2)C1=O. The molecule has 4 nitrogen and oxygen atoms in total. The summed E-state index contributed by atoms with van der Waals surface area (Å²) in [6.45, 7) is 3.57. The molecule has 0 radical (unpaired) electrons. The molecular weight excluding hydrogens is 226 g/mol. The second-order valence-corrected chi connectivity index (χ2v) is 4.16. The van der Waals surface area contributed by atoms with Crippen LogP contribution in [0.2, 0.25) is 0 Å². The number of aliphatic hydroxyl groups is 1. The van der Waals surface area contributed by atoms with Crippen LogP contribution in [0.1, 0.15) is 4.88 Å². The molecule has 0 spiro atoms. The summed E-state index contributed by atoms with van der Waals surface area (Å²) in [4.78, 5) is 25.0. The highest BCUT2D eigenvalue weighted by Crippen LogP contribution is 2.30. The molecule has 82 valence electrons. The Balaban J connectivity index is 2.43. The number of hydrogen-bond acceptors (Lipinski definition) is 4. The number of nitrogens with zero attached hydrogens (tertiary/aromatic N) is 1. The largest absolute Gasteiger partial charge is 0.502 e. The number of thiophene rings is 1. The minimum absolute atomic E-state index is 0.0850. The zero-order valence-corrected chi connectivity index (χ0v) is 9.16. The minimum Gasteiger partial charge on any atom is -0.502 e. The molecule has 0 saturated heterocycles. The van der Waals surface area contributed by atoms with Gasteiger partial charge in [-0.05, 0) is 11.4 Å². The van der Waals surface area contributed by atoms with E-state index in [0.29, 0.717) is 4.88 Å². The number of hydrogen-bond donors (Lipinski definition) is 1. The Hall–Kier alpha value is -1.88. The van der Waals surface area contributed by atoms with Gasteiger partial charge in [-0.3, -0.25) is 14.5 Å². The van der Waals surface area contributed by atoms with Crippen LogP contribution >= 0.6 is 11.3 Å². The molecule has 0 aromatic carbocycles. The number of imide groups is 1. The Kier molecular flexibility index (Phi) is 2.62. The predicted octanol–water partition coefficient (Wildman–Crippen LogP) is 1.57. The van der Waals surface area contributed by atoms with Crippen LogP contribution in [-0.4, -0.2) is 28.4 Å². The maximum Gasteiger partial charge on any atom is 0.296 e. The van der Waals surface area contributed by atoms with Crippen LogP contribution in [0.25, 0.3) is 5.57 Å². The molecule has 0 atom stereocenters. The number of aliphatic hydroxyl groups excluding tert-OH is 1. The molecule has 16 heavy (non-hydrogen) atoms. The third kappa shape index (κ3) is 1.45. The van der Waals surface area contributed by atoms with Crippen LogP contribution in [0.15, 0.2) is 35.9 Å². The van der Waals surface area contributed by atoms with Gasteiger partial charge in [0.15, 0.2) is 5.76 Å². The Morgan fingerprint density at radius 1 is 1.44 bits per heavy atom. The normalized spacial score (nSPS) is 16.1. The molecule has 2 rings (SSSR count). The van der Waals surface area contributed by atoms with E-state index in [1.54, 1.807) is 17.5 Å². The first kappa shape index (κ1) is 10.6. The van der Waals surface area contributed by atoms with Gasteiger partial charge in [-0.1, -0.05) is 12.1 Å². The zero-order valence-electron chi connectivity index (χ0n) is 8.34. The van der Waals surface area contributed by atoms with Crippen molar-refractivity contribution in [2.24, 2.45) is 0 Å². The molecule has 0 bridgehead atoms. The topological polar surface area (TPSA) is 57.6 Å². The lowest BCUT2D eigenvalue weighted by atomic mass is 10.2. The summed E-state index contributed by atoms with van der Waals surface area (Å²) in [6, 6.07) is 3.45. The van der Waals surface area contributed by atoms with Crippen molar-refractivity contribution in [3.05, 3.63) is 40.8 Å². The van der Waals surface area contributed by atoms with Crippen molar-refractivity contribution in [3.8, 4) is 0 Å². The molecule has 2 amide bonds. The zero-order chi connectivity index (χ0) is 11.7. The van der Waals surface area contributed by atoms with Crippen molar-refractivity contribution in [1.82, 2.24) is 4.90 Å². The molecule has 0 aliphatic carbocycles. The van der Waals surface area contributed by atoms with Crippen LogP contribution in [0.4, 0.5) is 0 Å². The fourth-order valence-electron chi connectivity index (χ4n) is 1.50. The van der Waals surface area contributed by atoms with E-state index in [0.717, 1.165) is 4.90 Å². The second-order valence-electron chi connectivity index (χ2n) is 3.21. The summed E-state index contributed by atoms with van der Waals surface area (Å²) in [5, 5.41) is 11.4. The summed E-state index contributed by atoms with van der Waals surface area (Å²) < 4.78 is 0. The van der Waals surface area contributed by atoms with Gasteiger partial charge in [-0.15, -0.1) is 17.9 Å². The molecule has 1 N–H and O–H groups in total. The summed E-state index contributed by atoms with van der Waals surface area (Å²) in [7, 11) is 0. The van der Waals surface area contributed by atoms with Gasteiger partial charge in [-0.25, -0.2) is 0 Å². The number of carbonyl (C=O) groups excluding carboxylic acids is 2. The summed E-state index contributed by atoms with van der Waals surface area (Å²) in [5.74, 6) is -1.60. The molecule has 1 aromatic heterocycles. The highest BCUT2D eigenvalue weighted by Gasteiger charge is 2.38. The molecule has 5 heteroatoms. The molecule has 1 aliphatic heterocycles. The van der Waals surface area contributed by atoms with E-state index in [1.165, 1.54) is 17.4 Å². The molecule has 0 fully saturated rings. The van der Waals surface area contributed by atoms with Gasteiger partial charge in [0.05, 0.1) is 0 Å². The van der Waals surface area contributed by atoms with Crippen LogP contribution in [0.5, 0.6) is 0 Å². The molecule has 2 heterocycles. The standard InChI is InChI=1S/C11H9NO3S/c1-2-5-12-10(14)8(9(13)11(12)15)7-4-3-6-16-7/h2-4,6,13H,1,5H2. The summed E-state index contributed by atoms with van der Waals surface area (Å²) >= 11 is 1.31. The number of carbonyl (C=O) groups is 2. The van der Waals surface area contributed by atoms with Gasteiger partial charge in [0, 0.05) is 11.4 Å². The first-order chi connectivity index (χ1) is 7.66. The van der Waals surface area contributed by atoms with Crippen molar-refractivity contribution in [1.29, 1.82) is 0 Å². The fraction of sp³-hybridized carbons (Fsp3) is 0.0909. The average Bonchev–Trinajstić information content (AvgIpc) is 2.83. The maximum absolute atomic E-state index is 11.9. The predicted molar refractivity (Wildman–Crippen MR) is 60.8 cm³/mol. The Bertz CT molecular complexity index is 487. The van der Waals surface area contributed by atoms with Crippen molar-refractivity contribution in [2.45, 2.75) is 0 Å². The van der Waals surface area contributed by atoms with E-state index in [4.69, 9.17) is 0 Å². The van der Waals surface area contributed by atoms with Crippen molar-refractivity contribution < 1.29 is 14.7 Å². The third-order valence-electron chi connectivity index (χ3n) is 2.22. The lowest BCUT2D eigenvalue weighted by molar-refractivity contribution is -0.137. The molecular formula is C11H9NO3S. The highest BCUT2D eigenvalue weighted by molar-refractivity contribution is 7.11. The Labute approximate surface area is 96.1 Å². The smallest absolute Gasteiger partial charge is 0.296 e. The molecule has 1 aromatic rings. The van der Waals surface area contributed by atoms with E-state index < -0.39 is 17.6 Å². The van der Waals surface area contributed by atoms with Gasteiger partial charge >= 0.3 is 0 Å². The van der Waals surface area contributed by atoms with Gasteiger partial charge < -0.3 is 5.11 Å². The first-order valence-electron chi connectivity index (χ1n) is 4.61. The van der Waals surface area contributed by atoms with E-state index in [9.17, 15) is 14.7 Å². The maximum atomic E-state index is 11.9. The summed E-state index contributed by atoms with van der Waals surface area (Å²) in [5.41, 5.74) is 0.0850. The highest BCUT2D eigenvalue weighted by atomic mass is 32.1.